The Morgan fingerprint density at radius 3 is 2.73 bits per heavy atom. The summed E-state index contributed by atoms with van der Waals surface area (Å²) in [5.74, 6) is 1.09. The first kappa shape index (κ1) is 20.4. The number of rotatable bonds is 6. The molecule has 3 heterocycles. The van der Waals surface area contributed by atoms with Crippen LogP contribution in [0.2, 0.25) is 0 Å². The van der Waals surface area contributed by atoms with Crippen molar-refractivity contribution in [1.82, 2.24) is 10.2 Å². The number of amides is 2. The Hall–Kier alpha value is -2.88. The summed E-state index contributed by atoms with van der Waals surface area (Å²) in [4.78, 5) is 28.6. The van der Waals surface area contributed by atoms with Crippen LogP contribution in [-0.4, -0.2) is 55.9 Å². The first-order chi connectivity index (χ1) is 14.6. The number of nitrogens with one attached hydrogen (secondary N) is 1. The van der Waals surface area contributed by atoms with Crippen molar-refractivity contribution in [3.05, 3.63) is 18.2 Å². The van der Waals surface area contributed by atoms with Crippen LogP contribution in [0.4, 0.5) is 16.0 Å². The molecule has 1 atom stereocenters. The number of ether oxygens (including phenoxy) is 2. The highest BCUT2D eigenvalue weighted by molar-refractivity contribution is 7.19. The molecular formula is C20H25N5O4S. The van der Waals surface area contributed by atoms with Crippen molar-refractivity contribution in [1.29, 1.82) is 0 Å². The predicted octanol–water partition coefficient (Wildman–Crippen LogP) is 2.54. The third-order valence-corrected chi connectivity index (χ3v) is 6.44. The lowest BCUT2D eigenvalue weighted by molar-refractivity contribution is -0.120. The van der Waals surface area contributed by atoms with E-state index in [0.29, 0.717) is 41.8 Å². The Balaban J connectivity index is 1.42. The maximum absolute atomic E-state index is 12.9. The SMILES string of the molecule is COc1ccc(NC(=O)C2CCCN(c3nnc(N4CCCC4=O)s3)C2)c(OC)c1. The number of aromatic nitrogens is 2. The molecule has 2 aliphatic rings. The number of anilines is 3. The summed E-state index contributed by atoms with van der Waals surface area (Å²) >= 11 is 1.41. The van der Waals surface area contributed by atoms with E-state index in [2.05, 4.69) is 20.4 Å². The van der Waals surface area contributed by atoms with Crippen LogP contribution >= 0.6 is 11.3 Å². The van der Waals surface area contributed by atoms with E-state index in [4.69, 9.17) is 9.47 Å². The Bertz CT molecular complexity index is 934. The monoisotopic (exact) mass is 431 g/mol. The van der Waals surface area contributed by atoms with Gasteiger partial charge in [-0.25, -0.2) is 0 Å². The van der Waals surface area contributed by atoms with Gasteiger partial charge in [-0.15, -0.1) is 10.2 Å². The zero-order chi connectivity index (χ0) is 21.1. The maximum atomic E-state index is 12.9. The zero-order valence-corrected chi connectivity index (χ0v) is 17.9. The lowest BCUT2D eigenvalue weighted by Gasteiger charge is -2.31. The summed E-state index contributed by atoms with van der Waals surface area (Å²) in [5.41, 5.74) is 0.617. The molecule has 2 saturated heterocycles. The van der Waals surface area contributed by atoms with Crippen LogP contribution in [0.25, 0.3) is 0 Å². The second kappa shape index (κ2) is 8.86. The van der Waals surface area contributed by atoms with E-state index in [-0.39, 0.29) is 17.7 Å². The predicted molar refractivity (Wildman–Crippen MR) is 115 cm³/mol. The van der Waals surface area contributed by atoms with Crippen LogP contribution in [0.1, 0.15) is 25.7 Å². The van der Waals surface area contributed by atoms with Gasteiger partial charge in [0.2, 0.25) is 22.1 Å². The fourth-order valence-corrected chi connectivity index (χ4v) is 4.72. The van der Waals surface area contributed by atoms with Crippen molar-refractivity contribution >= 4 is 39.1 Å². The quantitative estimate of drug-likeness (QED) is 0.751. The van der Waals surface area contributed by atoms with E-state index in [9.17, 15) is 9.59 Å². The highest BCUT2D eigenvalue weighted by atomic mass is 32.1. The van der Waals surface area contributed by atoms with Crippen LogP contribution in [0.5, 0.6) is 11.5 Å². The van der Waals surface area contributed by atoms with Crippen LogP contribution in [0.3, 0.4) is 0 Å². The number of nitrogens with zero attached hydrogens (tertiary/aromatic N) is 4. The fraction of sp³-hybridized carbons (Fsp3) is 0.500. The second-order valence-corrected chi connectivity index (χ2v) is 8.29. The molecule has 0 saturated carbocycles. The first-order valence-electron chi connectivity index (χ1n) is 10.0. The maximum Gasteiger partial charge on any atom is 0.229 e. The normalized spacial score (nSPS) is 19.1. The lowest BCUT2D eigenvalue weighted by atomic mass is 9.97. The van der Waals surface area contributed by atoms with Gasteiger partial charge in [0.15, 0.2) is 0 Å². The second-order valence-electron chi connectivity index (χ2n) is 7.36. The third-order valence-electron chi connectivity index (χ3n) is 5.44. The van der Waals surface area contributed by atoms with Gasteiger partial charge in [0.05, 0.1) is 25.8 Å². The van der Waals surface area contributed by atoms with Crippen LogP contribution < -0.4 is 24.6 Å². The van der Waals surface area contributed by atoms with E-state index in [0.717, 1.165) is 30.9 Å². The van der Waals surface area contributed by atoms with Gasteiger partial charge < -0.3 is 19.7 Å². The van der Waals surface area contributed by atoms with Crippen LogP contribution in [0.15, 0.2) is 18.2 Å². The largest absolute Gasteiger partial charge is 0.497 e. The van der Waals surface area contributed by atoms with Gasteiger partial charge in [0.1, 0.15) is 11.5 Å². The number of methoxy groups -OCH3 is 2. The van der Waals surface area contributed by atoms with Gasteiger partial charge in [-0.1, -0.05) is 11.3 Å². The average Bonchev–Trinajstić information content (AvgIpc) is 3.43. The van der Waals surface area contributed by atoms with Crippen molar-refractivity contribution in [2.75, 3.05) is 49.0 Å². The average molecular weight is 432 g/mol. The Morgan fingerprint density at radius 2 is 2.00 bits per heavy atom. The number of benzene rings is 1. The Kier molecular flexibility index (Phi) is 6.03. The molecule has 0 bridgehead atoms. The highest BCUT2D eigenvalue weighted by Crippen LogP contribution is 2.33. The molecule has 0 aliphatic carbocycles. The minimum absolute atomic E-state index is 0.0531. The number of carbonyl (C=O) groups is 2. The van der Waals surface area contributed by atoms with E-state index in [1.54, 1.807) is 37.3 Å². The van der Waals surface area contributed by atoms with Crippen LogP contribution in [0, 0.1) is 5.92 Å². The molecule has 9 nitrogen and oxygen atoms in total. The topological polar surface area (TPSA) is 96.9 Å². The molecule has 0 spiro atoms. The van der Waals surface area contributed by atoms with Crippen molar-refractivity contribution < 1.29 is 19.1 Å². The smallest absolute Gasteiger partial charge is 0.229 e. The van der Waals surface area contributed by atoms with Crippen molar-refractivity contribution in [3.63, 3.8) is 0 Å². The standard InChI is InChI=1S/C20H25N5O4S/c1-28-14-7-8-15(16(11-14)29-2)21-18(27)13-5-3-9-24(12-13)19-22-23-20(30-19)25-10-4-6-17(25)26/h7-8,11,13H,3-6,9-10,12H2,1-2H3,(H,21,27). The third kappa shape index (κ3) is 4.18. The number of piperidine rings is 1. The number of hydrogen-bond acceptors (Lipinski definition) is 8. The molecule has 2 aliphatic heterocycles. The zero-order valence-electron chi connectivity index (χ0n) is 17.1. The summed E-state index contributed by atoms with van der Waals surface area (Å²) in [6, 6.07) is 5.30. The minimum Gasteiger partial charge on any atom is -0.497 e. The van der Waals surface area contributed by atoms with Crippen LogP contribution in [-0.2, 0) is 9.59 Å². The number of hydrogen-bond donors (Lipinski definition) is 1. The molecule has 2 aromatic rings. The Morgan fingerprint density at radius 1 is 1.17 bits per heavy atom. The van der Waals surface area contributed by atoms with E-state index in [1.165, 1.54) is 11.3 Å². The summed E-state index contributed by atoms with van der Waals surface area (Å²) < 4.78 is 10.6. The molecule has 1 unspecified atom stereocenters. The summed E-state index contributed by atoms with van der Waals surface area (Å²) in [6.45, 7) is 2.08. The highest BCUT2D eigenvalue weighted by Gasteiger charge is 2.30. The van der Waals surface area contributed by atoms with E-state index >= 15 is 0 Å². The molecule has 1 aromatic heterocycles. The molecule has 10 heteroatoms. The molecule has 2 fully saturated rings. The van der Waals surface area contributed by atoms with Gasteiger partial charge >= 0.3 is 0 Å². The van der Waals surface area contributed by atoms with Gasteiger partial charge in [-0.3, -0.25) is 14.5 Å². The molecular weight excluding hydrogens is 406 g/mol. The van der Waals surface area contributed by atoms with Gasteiger partial charge in [0.25, 0.3) is 0 Å². The summed E-state index contributed by atoms with van der Waals surface area (Å²) in [6.07, 6.45) is 3.11. The Labute approximate surface area is 179 Å². The number of carbonyl (C=O) groups excluding carboxylic acids is 2. The lowest BCUT2D eigenvalue weighted by Crippen LogP contribution is -2.40. The van der Waals surface area contributed by atoms with E-state index < -0.39 is 0 Å². The summed E-state index contributed by atoms with van der Waals surface area (Å²) in [5, 5.41) is 12.9. The van der Waals surface area contributed by atoms with Crippen molar-refractivity contribution in [3.8, 4) is 11.5 Å². The minimum atomic E-state index is -0.175. The molecule has 0 radical (unpaired) electrons. The van der Waals surface area contributed by atoms with Crippen molar-refractivity contribution in [2.45, 2.75) is 25.7 Å². The molecule has 4 rings (SSSR count). The van der Waals surface area contributed by atoms with E-state index in [1.807, 2.05) is 0 Å². The fourth-order valence-electron chi connectivity index (χ4n) is 3.80. The molecule has 160 valence electrons. The van der Waals surface area contributed by atoms with Gasteiger partial charge in [-0.05, 0) is 31.4 Å². The molecule has 1 aromatic carbocycles. The molecule has 30 heavy (non-hydrogen) atoms. The van der Waals surface area contributed by atoms with Crippen molar-refractivity contribution in [2.24, 2.45) is 5.92 Å². The molecule has 1 N–H and O–H groups in total. The van der Waals surface area contributed by atoms with Gasteiger partial charge in [0, 0.05) is 32.1 Å². The van der Waals surface area contributed by atoms with Gasteiger partial charge in [-0.2, -0.15) is 0 Å². The molecule has 2 amide bonds. The first-order valence-corrected chi connectivity index (χ1v) is 10.8. The summed E-state index contributed by atoms with van der Waals surface area (Å²) in [7, 11) is 3.15.